The molecule has 5 heteroatoms. The summed E-state index contributed by atoms with van der Waals surface area (Å²) in [4.78, 5) is 2.10. The van der Waals surface area contributed by atoms with Gasteiger partial charge in [0.2, 0.25) is 0 Å². The van der Waals surface area contributed by atoms with Crippen LogP contribution >= 0.6 is 0 Å². The lowest BCUT2D eigenvalue weighted by Gasteiger charge is -2.21. The molecule has 2 rings (SSSR count). The number of para-hydroxylation sites is 1. The van der Waals surface area contributed by atoms with Crippen LogP contribution in [0.3, 0.4) is 0 Å². The fraction of sp³-hybridized carbons (Fsp3) is 0.400. The number of aromatic nitrogens is 2. The topological polar surface area (TPSA) is 56.3 Å². The lowest BCUT2D eigenvalue weighted by molar-refractivity contribution is 0.409. The molecule has 1 heterocycles. The molecule has 1 aromatic carbocycles. The summed E-state index contributed by atoms with van der Waals surface area (Å²) < 4.78 is 7.23. The number of rotatable bonds is 5. The van der Waals surface area contributed by atoms with Crippen LogP contribution in [0, 0.1) is 0 Å². The summed E-state index contributed by atoms with van der Waals surface area (Å²) in [6.45, 7) is 2.78. The molecule has 5 nitrogen and oxygen atoms in total. The quantitative estimate of drug-likeness (QED) is 0.908. The predicted molar refractivity (Wildman–Crippen MR) is 82.1 cm³/mol. The van der Waals surface area contributed by atoms with Gasteiger partial charge in [-0.2, -0.15) is 5.10 Å². The van der Waals surface area contributed by atoms with Crippen molar-refractivity contribution in [1.82, 2.24) is 9.78 Å². The van der Waals surface area contributed by atoms with Crippen LogP contribution in [0.4, 0.5) is 11.5 Å². The first-order valence-electron chi connectivity index (χ1n) is 6.72. The zero-order valence-corrected chi connectivity index (χ0v) is 12.6. The average Bonchev–Trinajstić information content (AvgIpc) is 2.73. The number of hydrogen-bond acceptors (Lipinski definition) is 4. The Bertz CT molecular complexity index is 592. The average molecular weight is 274 g/mol. The highest BCUT2D eigenvalue weighted by molar-refractivity contribution is 5.66. The first-order valence-corrected chi connectivity index (χ1v) is 6.72. The number of methoxy groups -OCH3 is 1. The molecule has 0 aliphatic carbocycles. The lowest BCUT2D eigenvalue weighted by atomic mass is 10.2. The lowest BCUT2D eigenvalue weighted by Crippen LogP contribution is -2.20. The fourth-order valence-electron chi connectivity index (χ4n) is 2.46. The van der Waals surface area contributed by atoms with Crippen LogP contribution in [0.2, 0.25) is 0 Å². The van der Waals surface area contributed by atoms with Gasteiger partial charge in [0, 0.05) is 26.2 Å². The zero-order valence-electron chi connectivity index (χ0n) is 12.6. The Morgan fingerprint density at radius 1 is 1.35 bits per heavy atom. The van der Waals surface area contributed by atoms with Gasteiger partial charge >= 0.3 is 0 Å². The Morgan fingerprint density at radius 2 is 2.05 bits per heavy atom. The van der Waals surface area contributed by atoms with Crippen molar-refractivity contribution < 1.29 is 4.74 Å². The Hall–Kier alpha value is -2.17. The van der Waals surface area contributed by atoms with E-state index in [4.69, 9.17) is 10.5 Å². The largest absolute Gasteiger partial charge is 0.496 e. The second-order valence-electron chi connectivity index (χ2n) is 4.83. The summed E-state index contributed by atoms with van der Waals surface area (Å²) in [7, 11) is 5.62. The van der Waals surface area contributed by atoms with Crippen LogP contribution < -0.4 is 15.4 Å². The summed E-state index contributed by atoms with van der Waals surface area (Å²) in [5.41, 5.74) is 9.00. The fourth-order valence-corrected chi connectivity index (χ4v) is 2.46. The highest BCUT2D eigenvalue weighted by Crippen LogP contribution is 2.28. The number of nitrogens with zero attached hydrogens (tertiary/aromatic N) is 3. The summed E-state index contributed by atoms with van der Waals surface area (Å²) in [5.74, 6) is 1.82. The summed E-state index contributed by atoms with van der Waals surface area (Å²) >= 11 is 0. The molecule has 0 bridgehead atoms. The normalized spacial score (nSPS) is 10.6. The molecule has 0 aliphatic heterocycles. The van der Waals surface area contributed by atoms with E-state index in [-0.39, 0.29) is 0 Å². The van der Waals surface area contributed by atoms with Crippen LogP contribution in [0.15, 0.2) is 24.3 Å². The van der Waals surface area contributed by atoms with Crippen molar-refractivity contribution in [3.63, 3.8) is 0 Å². The second-order valence-corrected chi connectivity index (χ2v) is 4.83. The third kappa shape index (κ3) is 2.57. The van der Waals surface area contributed by atoms with Crippen LogP contribution in [-0.4, -0.2) is 23.9 Å². The van der Waals surface area contributed by atoms with Gasteiger partial charge in [0.05, 0.1) is 18.5 Å². The molecule has 20 heavy (non-hydrogen) atoms. The minimum Gasteiger partial charge on any atom is -0.496 e. The Labute approximate surface area is 119 Å². The Balaban J connectivity index is 2.28. The molecular weight excluding hydrogens is 252 g/mol. The number of nitrogens with two attached hydrogens (primary N) is 1. The molecular formula is C15H22N4O. The van der Waals surface area contributed by atoms with E-state index in [2.05, 4.69) is 23.0 Å². The molecule has 0 radical (unpaired) electrons. The van der Waals surface area contributed by atoms with Gasteiger partial charge in [-0.3, -0.25) is 4.68 Å². The minimum atomic E-state index is 0.719. The molecule has 0 fully saturated rings. The van der Waals surface area contributed by atoms with Gasteiger partial charge in [-0.05, 0) is 12.5 Å². The second kappa shape index (κ2) is 5.86. The van der Waals surface area contributed by atoms with Crippen molar-refractivity contribution in [3.8, 4) is 5.75 Å². The number of hydrogen-bond donors (Lipinski definition) is 1. The Kier molecular flexibility index (Phi) is 4.17. The molecule has 0 saturated carbocycles. The number of nitrogen functional groups attached to an aromatic ring is 1. The monoisotopic (exact) mass is 274 g/mol. The third-order valence-electron chi connectivity index (χ3n) is 3.43. The van der Waals surface area contributed by atoms with Gasteiger partial charge < -0.3 is 15.4 Å². The van der Waals surface area contributed by atoms with Gasteiger partial charge in [0.15, 0.2) is 0 Å². The number of anilines is 2. The summed E-state index contributed by atoms with van der Waals surface area (Å²) in [5, 5.41) is 4.45. The number of ether oxygens (including phenoxy) is 1. The van der Waals surface area contributed by atoms with Gasteiger partial charge in [-0.15, -0.1) is 0 Å². The van der Waals surface area contributed by atoms with Crippen LogP contribution in [0.1, 0.15) is 18.2 Å². The zero-order chi connectivity index (χ0) is 14.7. The van der Waals surface area contributed by atoms with Crippen molar-refractivity contribution in [2.24, 2.45) is 7.05 Å². The predicted octanol–water partition coefficient (Wildman–Crippen LogP) is 2.21. The molecule has 2 N–H and O–H groups in total. The van der Waals surface area contributed by atoms with Crippen molar-refractivity contribution in [1.29, 1.82) is 0 Å². The van der Waals surface area contributed by atoms with Crippen LogP contribution in [0.5, 0.6) is 5.75 Å². The van der Waals surface area contributed by atoms with Gasteiger partial charge in [-0.1, -0.05) is 25.1 Å². The molecule has 0 atom stereocenters. The molecule has 0 unspecified atom stereocenters. The van der Waals surface area contributed by atoms with Gasteiger partial charge in [0.25, 0.3) is 0 Å². The highest BCUT2D eigenvalue weighted by atomic mass is 16.5. The van der Waals surface area contributed by atoms with E-state index >= 15 is 0 Å². The highest BCUT2D eigenvalue weighted by Gasteiger charge is 2.16. The van der Waals surface area contributed by atoms with E-state index in [0.29, 0.717) is 0 Å². The van der Waals surface area contributed by atoms with E-state index in [1.807, 2.05) is 37.0 Å². The third-order valence-corrected chi connectivity index (χ3v) is 3.43. The molecule has 108 valence electrons. The van der Waals surface area contributed by atoms with E-state index in [9.17, 15) is 0 Å². The van der Waals surface area contributed by atoms with Crippen LogP contribution in [0.25, 0.3) is 0 Å². The van der Waals surface area contributed by atoms with Crippen LogP contribution in [-0.2, 0) is 20.0 Å². The maximum absolute atomic E-state index is 6.18. The summed E-state index contributed by atoms with van der Waals surface area (Å²) in [6.07, 6.45) is 0.835. The van der Waals surface area contributed by atoms with Crippen molar-refractivity contribution >= 4 is 11.5 Å². The van der Waals surface area contributed by atoms with Gasteiger partial charge in [0.1, 0.15) is 11.6 Å². The van der Waals surface area contributed by atoms with E-state index in [1.54, 1.807) is 7.11 Å². The van der Waals surface area contributed by atoms with Gasteiger partial charge in [-0.25, -0.2) is 0 Å². The molecule has 1 aromatic heterocycles. The molecule has 0 aliphatic rings. The molecule has 2 aromatic rings. The Morgan fingerprint density at radius 3 is 2.65 bits per heavy atom. The summed E-state index contributed by atoms with van der Waals surface area (Å²) in [6, 6.07) is 8.00. The number of benzene rings is 1. The van der Waals surface area contributed by atoms with Crippen molar-refractivity contribution in [2.45, 2.75) is 19.9 Å². The molecule has 0 saturated heterocycles. The standard InChI is InChI=1S/C15H22N4O/c1-5-12-14(16)15(19(3)17-12)18(2)10-11-8-6-7-9-13(11)20-4/h6-9H,5,10,16H2,1-4H3. The van der Waals surface area contributed by atoms with E-state index in [1.165, 1.54) is 0 Å². The van der Waals surface area contributed by atoms with Crippen molar-refractivity contribution in [3.05, 3.63) is 35.5 Å². The van der Waals surface area contributed by atoms with Crippen molar-refractivity contribution in [2.75, 3.05) is 24.8 Å². The first kappa shape index (κ1) is 14.2. The molecule has 0 amide bonds. The maximum Gasteiger partial charge on any atom is 0.150 e. The minimum absolute atomic E-state index is 0.719. The van der Waals surface area contributed by atoms with E-state index < -0.39 is 0 Å². The van der Waals surface area contributed by atoms with E-state index in [0.717, 1.165) is 41.5 Å². The smallest absolute Gasteiger partial charge is 0.150 e. The number of aryl methyl sites for hydroxylation is 2. The maximum atomic E-state index is 6.18. The first-order chi connectivity index (χ1) is 9.58. The molecule has 0 spiro atoms. The SMILES string of the molecule is CCc1nn(C)c(N(C)Cc2ccccc2OC)c1N.